The molecule has 0 radical (unpaired) electrons. The van der Waals surface area contributed by atoms with Crippen LogP contribution in [-0.4, -0.2) is 54.1 Å². The number of hydrogen-bond acceptors (Lipinski definition) is 4. The highest BCUT2D eigenvalue weighted by Gasteiger charge is 2.29. The predicted molar refractivity (Wildman–Crippen MR) is 72.2 cm³/mol. The summed E-state index contributed by atoms with van der Waals surface area (Å²) in [5.41, 5.74) is 5.68. The molecule has 1 aliphatic carbocycles. The second-order valence-corrected chi connectivity index (χ2v) is 5.75. The van der Waals surface area contributed by atoms with Crippen LogP contribution in [0.15, 0.2) is 0 Å². The fourth-order valence-electron chi connectivity index (χ4n) is 2.06. The van der Waals surface area contributed by atoms with Gasteiger partial charge in [0.25, 0.3) is 0 Å². The van der Waals surface area contributed by atoms with Crippen molar-refractivity contribution in [1.29, 1.82) is 0 Å². The first-order valence-electron chi connectivity index (χ1n) is 6.76. The molecule has 0 unspecified atom stereocenters. The molecular weight excluding hydrogens is 246 g/mol. The van der Waals surface area contributed by atoms with Gasteiger partial charge in [-0.1, -0.05) is 13.8 Å². The lowest BCUT2D eigenvalue weighted by atomic mass is 9.82. The topological polar surface area (TPSA) is 95.7 Å². The zero-order valence-electron chi connectivity index (χ0n) is 11.9. The fourth-order valence-corrected chi connectivity index (χ4v) is 2.06. The molecule has 1 atom stereocenters. The van der Waals surface area contributed by atoms with Crippen LogP contribution in [0.1, 0.15) is 26.7 Å². The zero-order valence-corrected chi connectivity index (χ0v) is 11.9. The van der Waals surface area contributed by atoms with Crippen LogP contribution in [0, 0.1) is 11.8 Å². The standard InChI is InChI=1S/C13H25N3O3/c1-8(2)12(14)13(19)15-6-11(18)16(3)7-9-4-10(17)5-9/h8-10,12,17H,4-7,14H2,1-3H3,(H,15,19)/t9?,10?,12-/m0/s1. The van der Waals surface area contributed by atoms with Gasteiger partial charge in [0.2, 0.25) is 11.8 Å². The number of hydrogen-bond donors (Lipinski definition) is 3. The monoisotopic (exact) mass is 271 g/mol. The second kappa shape index (κ2) is 6.86. The Hall–Kier alpha value is -1.14. The smallest absolute Gasteiger partial charge is 0.241 e. The molecule has 0 aromatic carbocycles. The van der Waals surface area contributed by atoms with Crippen LogP contribution in [-0.2, 0) is 9.59 Å². The molecule has 0 aromatic heterocycles. The van der Waals surface area contributed by atoms with Crippen molar-refractivity contribution in [2.75, 3.05) is 20.1 Å². The minimum atomic E-state index is -0.583. The summed E-state index contributed by atoms with van der Waals surface area (Å²) >= 11 is 0. The van der Waals surface area contributed by atoms with Gasteiger partial charge in [-0.25, -0.2) is 0 Å². The van der Waals surface area contributed by atoms with Crippen molar-refractivity contribution < 1.29 is 14.7 Å². The van der Waals surface area contributed by atoms with Crippen molar-refractivity contribution in [3.05, 3.63) is 0 Å². The first kappa shape index (κ1) is 15.9. The highest BCUT2D eigenvalue weighted by atomic mass is 16.3. The summed E-state index contributed by atoms with van der Waals surface area (Å²) in [7, 11) is 1.71. The molecule has 0 saturated heterocycles. The van der Waals surface area contributed by atoms with Crippen LogP contribution in [0.3, 0.4) is 0 Å². The van der Waals surface area contributed by atoms with Gasteiger partial charge in [0, 0.05) is 13.6 Å². The van der Waals surface area contributed by atoms with Gasteiger partial charge in [0.05, 0.1) is 18.7 Å². The number of rotatable bonds is 6. The molecule has 1 saturated carbocycles. The summed E-state index contributed by atoms with van der Waals surface area (Å²) in [6, 6.07) is -0.583. The van der Waals surface area contributed by atoms with Crippen molar-refractivity contribution in [3.8, 4) is 0 Å². The maximum atomic E-state index is 11.8. The number of nitrogens with zero attached hydrogens (tertiary/aromatic N) is 1. The van der Waals surface area contributed by atoms with Gasteiger partial charge in [-0.3, -0.25) is 9.59 Å². The van der Waals surface area contributed by atoms with E-state index in [2.05, 4.69) is 5.32 Å². The third-order valence-corrected chi connectivity index (χ3v) is 3.60. The number of carbonyl (C=O) groups is 2. The van der Waals surface area contributed by atoms with E-state index in [1.165, 1.54) is 0 Å². The van der Waals surface area contributed by atoms with Crippen LogP contribution >= 0.6 is 0 Å². The van der Waals surface area contributed by atoms with Gasteiger partial charge < -0.3 is 21.1 Å². The fraction of sp³-hybridized carbons (Fsp3) is 0.846. The molecule has 0 aromatic rings. The molecule has 0 heterocycles. The lowest BCUT2D eigenvalue weighted by molar-refractivity contribution is -0.133. The van der Waals surface area contributed by atoms with E-state index in [1.807, 2.05) is 13.8 Å². The molecule has 0 spiro atoms. The van der Waals surface area contributed by atoms with Crippen LogP contribution in [0.5, 0.6) is 0 Å². The minimum Gasteiger partial charge on any atom is -0.393 e. The number of likely N-dealkylation sites (N-methyl/N-ethyl adjacent to an activating group) is 1. The Labute approximate surface area is 114 Å². The van der Waals surface area contributed by atoms with Gasteiger partial charge >= 0.3 is 0 Å². The summed E-state index contributed by atoms with van der Waals surface area (Å²) in [5, 5.41) is 11.7. The van der Waals surface area contributed by atoms with Crippen LogP contribution in [0.2, 0.25) is 0 Å². The summed E-state index contributed by atoms with van der Waals surface area (Å²) in [6.07, 6.45) is 1.29. The lowest BCUT2D eigenvalue weighted by Crippen LogP contribution is -2.48. The van der Waals surface area contributed by atoms with Crippen molar-refractivity contribution in [2.24, 2.45) is 17.6 Å². The Morgan fingerprint density at radius 1 is 1.42 bits per heavy atom. The van der Waals surface area contributed by atoms with E-state index in [1.54, 1.807) is 11.9 Å². The number of aliphatic hydroxyl groups is 1. The predicted octanol–water partition coefficient (Wildman–Crippen LogP) is -0.685. The van der Waals surface area contributed by atoms with Crippen molar-refractivity contribution in [3.63, 3.8) is 0 Å². The van der Waals surface area contributed by atoms with E-state index >= 15 is 0 Å². The molecule has 19 heavy (non-hydrogen) atoms. The molecule has 1 fully saturated rings. The van der Waals surface area contributed by atoms with Gasteiger partial charge in [-0.05, 0) is 24.7 Å². The molecule has 110 valence electrons. The number of nitrogens with one attached hydrogen (secondary N) is 1. The van der Waals surface area contributed by atoms with Gasteiger partial charge in [-0.15, -0.1) is 0 Å². The quantitative estimate of drug-likeness (QED) is 0.596. The maximum absolute atomic E-state index is 11.8. The van der Waals surface area contributed by atoms with Crippen LogP contribution in [0.4, 0.5) is 0 Å². The molecule has 0 aliphatic heterocycles. The summed E-state index contributed by atoms with van der Waals surface area (Å²) in [4.78, 5) is 25.0. The van der Waals surface area contributed by atoms with Gasteiger partial charge in [-0.2, -0.15) is 0 Å². The van der Waals surface area contributed by atoms with Crippen molar-refractivity contribution in [2.45, 2.75) is 38.8 Å². The number of nitrogens with two attached hydrogens (primary N) is 1. The molecule has 6 heteroatoms. The lowest BCUT2D eigenvalue weighted by Gasteiger charge is -2.34. The Morgan fingerprint density at radius 3 is 2.47 bits per heavy atom. The number of aliphatic hydroxyl groups excluding tert-OH is 1. The molecule has 6 nitrogen and oxygen atoms in total. The van der Waals surface area contributed by atoms with E-state index in [9.17, 15) is 14.7 Å². The van der Waals surface area contributed by atoms with E-state index in [-0.39, 0.29) is 30.4 Å². The van der Waals surface area contributed by atoms with E-state index < -0.39 is 6.04 Å². The Morgan fingerprint density at radius 2 is 2.00 bits per heavy atom. The molecule has 4 N–H and O–H groups in total. The molecule has 2 amide bonds. The van der Waals surface area contributed by atoms with Crippen molar-refractivity contribution >= 4 is 11.8 Å². The molecule has 1 aliphatic rings. The van der Waals surface area contributed by atoms with Gasteiger partial charge in [0.15, 0.2) is 0 Å². The van der Waals surface area contributed by atoms with E-state index in [0.29, 0.717) is 12.5 Å². The first-order chi connectivity index (χ1) is 8.81. The SMILES string of the molecule is CC(C)[C@H](N)C(=O)NCC(=O)N(C)CC1CC(O)C1. The Bertz CT molecular complexity index is 327. The van der Waals surface area contributed by atoms with Crippen LogP contribution < -0.4 is 11.1 Å². The average molecular weight is 271 g/mol. The average Bonchev–Trinajstić information content (AvgIpc) is 2.32. The third kappa shape index (κ3) is 4.80. The number of amides is 2. The zero-order chi connectivity index (χ0) is 14.6. The van der Waals surface area contributed by atoms with E-state index in [4.69, 9.17) is 5.73 Å². The Kier molecular flexibility index (Phi) is 5.75. The van der Waals surface area contributed by atoms with Crippen molar-refractivity contribution in [1.82, 2.24) is 10.2 Å². The summed E-state index contributed by atoms with van der Waals surface area (Å²) in [5.74, 6) is -0.0108. The summed E-state index contributed by atoms with van der Waals surface area (Å²) in [6.45, 7) is 4.33. The summed E-state index contributed by atoms with van der Waals surface area (Å²) < 4.78 is 0. The molecule has 1 rings (SSSR count). The van der Waals surface area contributed by atoms with E-state index in [0.717, 1.165) is 12.8 Å². The van der Waals surface area contributed by atoms with Gasteiger partial charge in [0.1, 0.15) is 0 Å². The molecular formula is C13H25N3O3. The normalized spacial score (nSPS) is 23.7. The molecule has 0 bridgehead atoms. The highest BCUT2D eigenvalue weighted by molar-refractivity contribution is 5.87. The highest BCUT2D eigenvalue weighted by Crippen LogP contribution is 2.27. The largest absolute Gasteiger partial charge is 0.393 e. The second-order valence-electron chi connectivity index (χ2n) is 5.75. The third-order valence-electron chi connectivity index (χ3n) is 3.60. The number of carbonyl (C=O) groups excluding carboxylic acids is 2. The maximum Gasteiger partial charge on any atom is 0.241 e. The minimum absolute atomic E-state index is 0.0228. The Balaban J connectivity index is 2.24. The first-order valence-corrected chi connectivity index (χ1v) is 6.76. The van der Waals surface area contributed by atoms with Crippen LogP contribution in [0.25, 0.3) is 0 Å².